The number of allylic oxidation sites excluding steroid dienone is 1. The molecule has 0 radical (unpaired) electrons. The van der Waals surface area contributed by atoms with E-state index in [-0.39, 0.29) is 12.5 Å². The molecule has 0 heterocycles. The number of unbranched alkanes of at least 4 members (excludes halogenated alkanes) is 1. The van der Waals surface area contributed by atoms with E-state index in [4.69, 9.17) is 5.73 Å². The van der Waals surface area contributed by atoms with Crippen LogP contribution in [0.4, 0.5) is 0 Å². The first-order valence-electron chi connectivity index (χ1n) is 3.77. The van der Waals surface area contributed by atoms with Crippen LogP contribution in [0, 0.1) is 0 Å². The van der Waals surface area contributed by atoms with Gasteiger partial charge in [-0.15, -0.1) is 6.58 Å². The van der Waals surface area contributed by atoms with Gasteiger partial charge in [0, 0.05) is 13.6 Å². The molecule has 0 unspecified atom stereocenters. The van der Waals surface area contributed by atoms with Crippen LogP contribution in [0.1, 0.15) is 12.8 Å². The standard InChI is InChI=1S/C8H16N2O/c1-3-4-5-6-10(2)8(11)7-9/h3H,1,4-7,9H2,2H3. The molecular formula is C8H16N2O. The van der Waals surface area contributed by atoms with Crippen molar-refractivity contribution in [1.29, 1.82) is 0 Å². The fourth-order valence-corrected chi connectivity index (χ4v) is 0.753. The summed E-state index contributed by atoms with van der Waals surface area (Å²) in [5.74, 6) is -0.00550. The molecule has 1 amide bonds. The lowest BCUT2D eigenvalue weighted by atomic mass is 10.3. The molecule has 0 bridgehead atoms. The second-order valence-electron chi connectivity index (χ2n) is 2.45. The highest BCUT2D eigenvalue weighted by atomic mass is 16.2. The van der Waals surface area contributed by atoms with Crippen molar-refractivity contribution in [2.24, 2.45) is 5.73 Å². The average molecular weight is 156 g/mol. The number of nitrogens with zero attached hydrogens (tertiary/aromatic N) is 1. The topological polar surface area (TPSA) is 46.3 Å². The SMILES string of the molecule is C=CCCCN(C)C(=O)CN. The van der Waals surface area contributed by atoms with Crippen molar-refractivity contribution in [2.45, 2.75) is 12.8 Å². The Morgan fingerprint density at radius 3 is 2.82 bits per heavy atom. The predicted molar refractivity (Wildman–Crippen MR) is 46.1 cm³/mol. The maximum absolute atomic E-state index is 10.9. The molecule has 64 valence electrons. The Morgan fingerprint density at radius 2 is 2.36 bits per heavy atom. The van der Waals surface area contributed by atoms with Gasteiger partial charge >= 0.3 is 0 Å². The van der Waals surface area contributed by atoms with Gasteiger partial charge in [0.2, 0.25) is 5.91 Å². The van der Waals surface area contributed by atoms with Crippen molar-refractivity contribution in [2.75, 3.05) is 20.1 Å². The van der Waals surface area contributed by atoms with Gasteiger partial charge < -0.3 is 10.6 Å². The van der Waals surface area contributed by atoms with Crippen LogP contribution < -0.4 is 5.73 Å². The molecule has 11 heavy (non-hydrogen) atoms. The summed E-state index contributed by atoms with van der Waals surface area (Å²) in [5.41, 5.74) is 5.17. The molecular weight excluding hydrogens is 140 g/mol. The molecule has 0 aliphatic carbocycles. The van der Waals surface area contributed by atoms with Gasteiger partial charge in [0.15, 0.2) is 0 Å². The van der Waals surface area contributed by atoms with Crippen LogP contribution in [-0.4, -0.2) is 30.9 Å². The number of nitrogens with two attached hydrogens (primary N) is 1. The van der Waals surface area contributed by atoms with Crippen molar-refractivity contribution >= 4 is 5.91 Å². The summed E-state index contributed by atoms with van der Waals surface area (Å²) in [6.45, 7) is 4.46. The Bertz CT molecular complexity index is 134. The number of rotatable bonds is 5. The predicted octanol–water partition coefficient (Wildman–Crippen LogP) is 0.370. The molecule has 0 aromatic heterocycles. The fraction of sp³-hybridized carbons (Fsp3) is 0.625. The number of hydrogen-bond donors (Lipinski definition) is 1. The van der Waals surface area contributed by atoms with E-state index in [1.807, 2.05) is 6.08 Å². The van der Waals surface area contributed by atoms with Crippen molar-refractivity contribution in [3.05, 3.63) is 12.7 Å². The largest absolute Gasteiger partial charge is 0.345 e. The van der Waals surface area contributed by atoms with Crippen molar-refractivity contribution < 1.29 is 4.79 Å². The van der Waals surface area contributed by atoms with Crippen LogP contribution in [0.2, 0.25) is 0 Å². The van der Waals surface area contributed by atoms with E-state index < -0.39 is 0 Å². The van der Waals surface area contributed by atoms with Crippen molar-refractivity contribution in [3.8, 4) is 0 Å². The molecule has 0 aromatic rings. The van der Waals surface area contributed by atoms with E-state index in [9.17, 15) is 4.79 Å². The number of likely N-dealkylation sites (N-methyl/N-ethyl adjacent to an activating group) is 1. The number of carbonyl (C=O) groups excluding carboxylic acids is 1. The minimum Gasteiger partial charge on any atom is -0.345 e. The molecule has 0 fully saturated rings. The highest BCUT2D eigenvalue weighted by Crippen LogP contribution is 1.92. The number of amides is 1. The molecule has 0 saturated heterocycles. The van der Waals surface area contributed by atoms with Gasteiger partial charge in [0.1, 0.15) is 0 Å². The van der Waals surface area contributed by atoms with Crippen LogP contribution in [0.3, 0.4) is 0 Å². The molecule has 0 aromatic carbocycles. The normalized spacial score (nSPS) is 9.27. The molecule has 0 aliphatic rings. The second-order valence-corrected chi connectivity index (χ2v) is 2.45. The quantitative estimate of drug-likeness (QED) is 0.462. The molecule has 0 spiro atoms. The fourth-order valence-electron chi connectivity index (χ4n) is 0.753. The third-order valence-electron chi connectivity index (χ3n) is 1.50. The van der Waals surface area contributed by atoms with Crippen molar-refractivity contribution in [3.63, 3.8) is 0 Å². The van der Waals surface area contributed by atoms with Gasteiger partial charge in [-0.2, -0.15) is 0 Å². The first-order valence-corrected chi connectivity index (χ1v) is 3.77. The van der Waals surface area contributed by atoms with Crippen LogP contribution in [0.15, 0.2) is 12.7 Å². The summed E-state index contributed by atoms with van der Waals surface area (Å²) < 4.78 is 0. The Balaban J connectivity index is 3.43. The third-order valence-corrected chi connectivity index (χ3v) is 1.50. The molecule has 2 N–H and O–H groups in total. The van der Waals surface area contributed by atoms with Gasteiger partial charge in [0.25, 0.3) is 0 Å². The maximum atomic E-state index is 10.9. The second kappa shape index (κ2) is 5.92. The minimum absolute atomic E-state index is 0.00550. The zero-order valence-corrected chi connectivity index (χ0v) is 7.05. The van der Waals surface area contributed by atoms with E-state index in [0.29, 0.717) is 0 Å². The first-order chi connectivity index (χ1) is 5.22. The molecule has 0 saturated carbocycles. The zero-order valence-electron chi connectivity index (χ0n) is 7.05. The Hall–Kier alpha value is -0.830. The monoisotopic (exact) mass is 156 g/mol. The smallest absolute Gasteiger partial charge is 0.236 e. The Morgan fingerprint density at radius 1 is 1.73 bits per heavy atom. The minimum atomic E-state index is -0.00550. The number of hydrogen-bond acceptors (Lipinski definition) is 2. The highest BCUT2D eigenvalue weighted by molar-refractivity contribution is 5.77. The highest BCUT2D eigenvalue weighted by Gasteiger charge is 2.03. The van der Waals surface area contributed by atoms with Gasteiger partial charge in [-0.3, -0.25) is 4.79 Å². The van der Waals surface area contributed by atoms with Crippen LogP contribution >= 0.6 is 0 Å². The molecule has 3 heteroatoms. The average Bonchev–Trinajstić information content (AvgIpc) is 2.03. The zero-order chi connectivity index (χ0) is 8.69. The Kier molecular flexibility index (Phi) is 5.47. The Labute approximate surface area is 67.9 Å². The lowest BCUT2D eigenvalue weighted by molar-refractivity contribution is -0.128. The molecule has 0 atom stereocenters. The lowest BCUT2D eigenvalue weighted by Crippen LogP contribution is -2.33. The van der Waals surface area contributed by atoms with Crippen LogP contribution in [-0.2, 0) is 4.79 Å². The summed E-state index contributed by atoms with van der Waals surface area (Å²) in [7, 11) is 1.76. The lowest BCUT2D eigenvalue weighted by Gasteiger charge is -2.14. The summed E-state index contributed by atoms with van der Waals surface area (Å²) >= 11 is 0. The van der Waals surface area contributed by atoms with Gasteiger partial charge in [0.05, 0.1) is 6.54 Å². The summed E-state index contributed by atoms with van der Waals surface area (Å²) in [4.78, 5) is 12.5. The number of carbonyl (C=O) groups is 1. The maximum Gasteiger partial charge on any atom is 0.236 e. The van der Waals surface area contributed by atoms with Crippen molar-refractivity contribution in [1.82, 2.24) is 4.90 Å². The van der Waals surface area contributed by atoms with Gasteiger partial charge in [-0.05, 0) is 12.8 Å². The van der Waals surface area contributed by atoms with E-state index in [0.717, 1.165) is 19.4 Å². The molecule has 3 nitrogen and oxygen atoms in total. The van der Waals surface area contributed by atoms with E-state index in [2.05, 4.69) is 6.58 Å². The van der Waals surface area contributed by atoms with E-state index >= 15 is 0 Å². The summed E-state index contributed by atoms with van der Waals surface area (Å²) in [6, 6.07) is 0. The third kappa shape index (κ3) is 4.56. The van der Waals surface area contributed by atoms with Crippen LogP contribution in [0.5, 0.6) is 0 Å². The molecule has 0 aliphatic heterocycles. The van der Waals surface area contributed by atoms with Gasteiger partial charge in [-0.1, -0.05) is 6.08 Å². The van der Waals surface area contributed by atoms with E-state index in [1.165, 1.54) is 0 Å². The first kappa shape index (κ1) is 10.2. The summed E-state index contributed by atoms with van der Waals surface area (Å²) in [6.07, 6.45) is 3.76. The van der Waals surface area contributed by atoms with E-state index in [1.54, 1.807) is 11.9 Å². The summed E-state index contributed by atoms with van der Waals surface area (Å²) in [5, 5.41) is 0. The van der Waals surface area contributed by atoms with Gasteiger partial charge in [-0.25, -0.2) is 0 Å². The molecule has 0 rings (SSSR count). The van der Waals surface area contributed by atoms with Crippen LogP contribution in [0.25, 0.3) is 0 Å².